The Labute approximate surface area is 73.4 Å². The van der Waals surface area contributed by atoms with Crippen LogP contribution in [0.3, 0.4) is 0 Å². The molecule has 0 spiro atoms. The summed E-state index contributed by atoms with van der Waals surface area (Å²) in [6.45, 7) is -0.843. The van der Waals surface area contributed by atoms with Gasteiger partial charge in [-0.1, -0.05) is 0 Å². The summed E-state index contributed by atoms with van der Waals surface area (Å²) in [6.07, 6.45) is -5.73. The van der Waals surface area contributed by atoms with Crippen molar-refractivity contribution in [3.8, 4) is 0 Å². The molecule has 0 aromatic rings. The van der Waals surface area contributed by atoms with Crippen molar-refractivity contribution in [1.82, 2.24) is 0 Å². The van der Waals surface area contributed by atoms with Gasteiger partial charge in [-0.05, 0) is 0 Å². The molecule has 6 N–H and O–H groups in total. The van der Waals surface area contributed by atoms with Crippen molar-refractivity contribution in [3.05, 3.63) is 0 Å². The molecule has 0 saturated carbocycles. The van der Waals surface area contributed by atoms with Gasteiger partial charge in [0.1, 0.15) is 12.2 Å². The Morgan fingerprint density at radius 3 is 2.00 bits per heavy atom. The predicted octanol–water partition coefficient (Wildman–Crippen LogP) is -3.88. The molecule has 0 rings (SSSR count). The Balaban J connectivity index is 4.33. The Bertz CT molecular complexity index is 205. The highest BCUT2D eigenvalue weighted by Crippen LogP contribution is 2.00. The van der Waals surface area contributed by atoms with E-state index in [1.165, 1.54) is 0 Å². The summed E-state index contributed by atoms with van der Waals surface area (Å²) in [4.78, 5) is 20.8. The van der Waals surface area contributed by atoms with Crippen molar-refractivity contribution in [2.45, 2.75) is 18.3 Å². The van der Waals surface area contributed by atoms with Crippen molar-refractivity contribution in [2.75, 3.05) is 6.61 Å². The first-order chi connectivity index (χ1) is 5.91. The molecular weight excluding hydrogens is 182 g/mol. The highest BCUT2D eigenvalue weighted by atomic mass is 16.4. The monoisotopic (exact) mass is 193 g/mol. The maximum absolute atomic E-state index is 10.6. The molecule has 3 atom stereocenters. The van der Waals surface area contributed by atoms with E-state index in [4.69, 9.17) is 20.4 Å². The minimum atomic E-state index is -2.11. The average Bonchev–Trinajstić information content (AvgIpc) is 2.12. The molecule has 0 aromatic heterocycles. The molecule has 0 radical (unpaired) electrons. The molecule has 0 bridgehead atoms. The molecule has 76 valence electrons. The number of hydrogen-bond donors (Lipinski definition) is 5. The Kier molecular flexibility index (Phi) is 4.49. The van der Waals surface area contributed by atoms with E-state index in [1.54, 1.807) is 0 Å². The van der Waals surface area contributed by atoms with Gasteiger partial charge in [0.15, 0.2) is 6.10 Å². The zero-order chi connectivity index (χ0) is 10.6. The number of aliphatic hydroxyl groups excluding tert-OH is 4. The van der Waals surface area contributed by atoms with Crippen LogP contribution in [0, 0.1) is 0 Å². The molecule has 0 unspecified atom stereocenters. The van der Waals surface area contributed by atoms with Gasteiger partial charge in [0.2, 0.25) is 0 Å². The van der Waals surface area contributed by atoms with Gasteiger partial charge in [-0.3, -0.25) is 9.59 Å². The fraction of sp³-hybridized carbons (Fsp3) is 0.667. The number of Topliss-reactive ketones (excluding diaryl/α,β-unsaturated/α-hetero) is 1. The van der Waals surface area contributed by atoms with Crippen molar-refractivity contribution in [2.24, 2.45) is 5.73 Å². The second-order valence-corrected chi connectivity index (χ2v) is 2.41. The smallest absolute Gasteiger partial charge is 0.287 e. The maximum atomic E-state index is 10.6. The molecule has 0 aromatic carbocycles. The third kappa shape index (κ3) is 3.07. The Hall–Kier alpha value is -1.02. The molecule has 0 heterocycles. The van der Waals surface area contributed by atoms with E-state index in [2.05, 4.69) is 5.73 Å². The normalized spacial score (nSPS) is 17.5. The third-order valence-corrected chi connectivity index (χ3v) is 1.42. The van der Waals surface area contributed by atoms with Crippen LogP contribution in [-0.2, 0) is 9.59 Å². The summed E-state index contributed by atoms with van der Waals surface area (Å²) >= 11 is 0. The van der Waals surface area contributed by atoms with E-state index in [0.717, 1.165) is 0 Å². The first kappa shape index (κ1) is 12.0. The topological polar surface area (TPSA) is 141 Å². The van der Waals surface area contributed by atoms with E-state index in [9.17, 15) is 9.59 Å². The van der Waals surface area contributed by atoms with E-state index < -0.39 is 36.6 Å². The minimum Gasteiger partial charge on any atom is -0.394 e. The van der Waals surface area contributed by atoms with Gasteiger partial charge in [0, 0.05) is 0 Å². The van der Waals surface area contributed by atoms with Crippen LogP contribution < -0.4 is 5.73 Å². The number of ketones is 1. The van der Waals surface area contributed by atoms with E-state index in [0.29, 0.717) is 0 Å². The van der Waals surface area contributed by atoms with Gasteiger partial charge >= 0.3 is 0 Å². The molecule has 0 aliphatic rings. The Morgan fingerprint density at radius 2 is 1.69 bits per heavy atom. The third-order valence-electron chi connectivity index (χ3n) is 1.42. The van der Waals surface area contributed by atoms with Crippen LogP contribution in [0.4, 0.5) is 0 Å². The number of hydrogen-bond acceptors (Lipinski definition) is 6. The van der Waals surface area contributed by atoms with Crippen molar-refractivity contribution in [1.29, 1.82) is 0 Å². The second-order valence-electron chi connectivity index (χ2n) is 2.41. The summed E-state index contributed by atoms with van der Waals surface area (Å²) in [5, 5.41) is 34.9. The summed E-state index contributed by atoms with van der Waals surface area (Å²) in [7, 11) is 0. The molecule has 13 heavy (non-hydrogen) atoms. The van der Waals surface area contributed by atoms with Crippen molar-refractivity contribution >= 4 is 11.7 Å². The van der Waals surface area contributed by atoms with Gasteiger partial charge in [0.05, 0.1) is 6.61 Å². The number of carbonyl (C=O) groups excluding carboxylic acids is 2. The van der Waals surface area contributed by atoms with Gasteiger partial charge in [-0.25, -0.2) is 0 Å². The van der Waals surface area contributed by atoms with Crippen molar-refractivity contribution < 1.29 is 30.0 Å². The number of amides is 1. The van der Waals surface area contributed by atoms with Crippen LogP contribution in [0.25, 0.3) is 0 Å². The number of rotatable bonds is 5. The SMILES string of the molecule is NC(=O)C(=O)[C@@H](O)[C@H](O)[C@@H](O)CO. The largest absolute Gasteiger partial charge is 0.394 e. The number of primary amides is 1. The first-order valence-electron chi connectivity index (χ1n) is 3.40. The van der Waals surface area contributed by atoms with Gasteiger partial charge in [-0.15, -0.1) is 0 Å². The summed E-state index contributed by atoms with van der Waals surface area (Å²) in [6, 6.07) is 0. The quantitative estimate of drug-likeness (QED) is 0.283. The zero-order valence-corrected chi connectivity index (χ0v) is 6.62. The fourth-order valence-electron chi connectivity index (χ4n) is 0.619. The van der Waals surface area contributed by atoms with Gasteiger partial charge in [-0.2, -0.15) is 0 Å². The molecule has 0 aliphatic heterocycles. The maximum Gasteiger partial charge on any atom is 0.287 e. The van der Waals surface area contributed by atoms with E-state index in [1.807, 2.05) is 0 Å². The molecule has 0 aliphatic carbocycles. The lowest BCUT2D eigenvalue weighted by Gasteiger charge is -2.18. The molecular formula is C6H11NO6. The van der Waals surface area contributed by atoms with E-state index >= 15 is 0 Å². The summed E-state index contributed by atoms with van der Waals surface area (Å²) < 4.78 is 0. The second kappa shape index (κ2) is 4.87. The molecule has 1 amide bonds. The van der Waals surface area contributed by atoms with Crippen LogP contribution in [-0.4, -0.2) is 57.0 Å². The zero-order valence-electron chi connectivity index (χ0n) is 6.62. The van der Waals surface area contributed by atoms with Crippen LogP contribution in [0.2, 0.25) is 0 Å². The summed E-state index contributed by atoms with van der Waals surface area (Å²) in [5.41, 5.74) is 4.51. The number of aliphatic hydroxyl groups is 4. The molecule has 0 saturated heterocycles. The Morgan fingerprint density at radius 1 is 1.23 bits per heavy atom. The lowest BCUT2D eigenvalue weighted by atomic mass is 10.0. The first-order valence-corrected chi connectivity index (χ1v) is 3.40. The molecule has 7 nitrogen and oxygen atoms in total. The van der Waals surface area contributed by atoms with Gasteiger partial charge in [0.25, 0.3) is 11.7 Å². The molecule has 7 heteroatoms. The van der Waals surface area contributed by atoms with E-state index in [-0.39, 0.29) is 0 Å². The van der Waals surface area contributed by atoms with Crippen LogP contribution >= 0.6 is 0 Å². The van der Waals surface area contributed by atoms with Crippen LogP contribution in [0.5, 0.6) is 0 Å². The molecule has 0 fully saturated rings. The lowest BCUT2D eigenvalue weighted by Crippen LogP contribution is -2.47. The minimum absolute atomic E-state index is 0.843. The number of nitrogens with two attached hydrogens (primary N) is 1. The summed E-state index contributed by atoms with van der Waals surface area (Å²) in [5.74, 6) is -2.84. The van der Waals surface area contributed by atoms with Crippen molar-refractivity contribution in [3.63, 3.8) is 0 Å². The fourth-order valence-corrected chi connectivity index (χ4v) is 0.619. The van der Waals surface area contributed by atoms with Gasteiger partial charge < -0.3 is 26.2 Å². The number of carbonyl (C=O) groups is 2. The highest BCUT2D eigenvalue weighted by molar-refractivity contribution is 6.37. The average molecular weight is 193 g/mol. The highest BCUT2D eigenvalue weighted by Gasteiger charge is 2.32. The lowest BCUT2D eigenvalue weighted by molar-refractivity contribution is -0.149. The standard InChI is InChI=1S/C6H11NO6/c7-6(13)5(12)4(11)3(10)2(9)1-8/h2-4,8-11H,1H2,(H2,7,13)/t2-,3+,4-/m0/s1. The van der Waals surface area contributed by atoms with Crippen LogP contribution in [0.1, 0.15) is 0 Å². The van der Waals surface area contributed by atoms with Crippen LogP contribution in [0.15, 0.2) is 0 Å². The predicted molar refractivity (Wildman–Crippen MR) is 39.3 cm³/mol.